The summed E-state index contributed by atoms with van der Waals surface area (Å²) in [7, 11) is -1.94. The van der Waals surface area contributed by atoms with Crippen molar-refractivity contribution in [2.24, 2.45) is 0 Å². The van der Waals surface area contributed by atoms with Gasteiger partial charge in [-0.25, -0.2) is 0 Å². The maximum atomic E-state index is 11.6. The lowest BCUT2D eigenvalue weighted by Gasteiger charge is -2.32. The molecule has 12 heteroatoms. The zero-order chi connectivity index (χ0) is 49.3. The molecule has 10 rings (SSSR count). The molecule has 2 N–H and O–H groups in total. The van der Waals surface area contributed by atoms with Crippen LogP contribution >= 0.6 is 39.1 Å². The topological polar surface area (TPSA) is 110 Å². The molecule has 1 heterocycles. The summed E-state index contributed by atoms with van der Waals surface area (Å²) >= 11 is 15.0. The van der Waals surface area contributed by atoms with Gasteiger partial charge in [0.15, 0.2) is 12.6 Å². The predicted molar refractivity (Wildman–Crippen MR) is 289 cm³/mol. The van der Waals surface area contributed by atoms with Crippen LogP contribution < -0.4 is 10.9 Å². The van der Waals surface area contributed by atoms with Gasteiger partial charge in [0.1, 0.15) is 6.29 Å². The fourth-order valence-electron chi connectivity index (χ4n) is 7.54. The normalized spacial score (nSPS) is 13.3. The molecule has 1 saturated heterocycles. The van der Waals surface area contributed by atoms with Crippen LogP contribution in [0.3, 0.4) is 0 Å². The fourth-order valence-corrected chi connectivity index (χ4v) is 8.48. The molecule has 69 heavy (non-hydrogen) atoms. The highest BCUT2D eigenvalue weighted by Crippen LogP contribution is 2.37. The third-order valence-corrected chi connectivity index (χ3v) is 13.3. The van der Waals surface area contributed by atoms with Crippen LogP contribution in [0.4, 0.5) is 0 Å². The monoisotopic (exact) mass is 1010 g/mol. The first-order valence-electron chi connectivity index (χ1n) is 22.0. The number of aldehydes is 3. The highest BCUT2D eigenvalue weighted by Gasteiger charge is 2.52. The average molecular weight is 1020 g/mol. The van der Waals surface area contributed by atoms with E-state index in [4.69, 9.17) is 42.6 Å². The molecule has 0 aliphatic carbocycles. The molecule has 0 amide bonds. The van der Waals surface area contributed by atoms with Gasteiger partial charge in [-0.05, 0) is 136 Å². The highest BCUT2D eigenvalue weighted by atomic mass is 79.9. The quantitative estimate of drug-likeness (QED) is 0.121. The Hall–Kier alpha value is -6.20. The Bertz CT molecular complexity index is 3290. The summed E-state index contributed by atoms with van der Waals surface area (Å²) < 4.78 is 13.2. The van der Waals surface area contributed by atoms with Gasteiger partial charge >= 0.3 is 14.2 Å². The number of hydrogen-bond acceptors (Lipinski definition) is 7. The Morgan fingerprint density at radius 2 is 0.841 bits per heavy atom. The minimum absolute atomic E-state index is 0.448. The van der Waals surface area contributed by atoms with Crippen LogP contribution in [0.1, 0.15) is 58.8 Å². The van der Waals surface area contributed by atoms with Crippen LogP contribution in [-0.2, 0) is 9.31 Å². The molecule has 1 aliphatic heterocycles. The maximum Gasteiger partial charge on any atom is 0.495 e. The lowest BCUT2D eigenvalue weighted by molar-refractivity contribution is 0.00578. The van der Waals surface area contributed by atoms with Crippen molar-refractivity contribution in [2.75, 3.05) is 0 Å². The van der Waals surface area contributed by atoms with E-state index in [1.807, 2.05) is 113 Å². The first kappa shape index (κ1) is 50.7. The highest BCUT2D eigenvalue weighted by molar-refractivity contribution is 9.10. The minimum atomic E-state index is -1.38. The summed E-state index contributed by atoms with van der Waals surface area (Å²) in [6, 6.07) is 58.8. The molecule has 0 unspecified atom stereocenters. The van der Waals surface area contributed by atoms with Crippen molar-refractivity contribution in [3.8, 4) is 22.3 Å². The van der Waals surface area contributed by atoms with Crippen molar-refractivity contribution in [3.05, 3.63) is 213 Å². The lowest BCUT2D eigenvalue weighted by Crippen LogP contribution is -2.41. The van der Waals surface area contributed by atoms with Crippen LogP contribution in [0.25, 0.3) is 54.6 Å². The van der Waals surface area contributed by atoms with Gasteiger partial charge in [0.05, 0.1) is 21.2 Å². The van der Waals surface area contributed by atoms with Gasteiger partial charge in [-0.2, -0.15) is 0 Å². The van der Waals surface area contributed by atoms with Gasteiger partial charge in [-0.1, -0.05) is 179 Å². The van der Waals surface area contributed by atoms with Gasteiger partial charge in [0, 0.05) is 21.2 Å². The van der Waals surface area contributed by atoms with Gasteiger partial charge < -0.3 is 19.4 Å². The van der Waals surface area contributed by atoms with E-state index >= 15 is 0 Å². The van der Waals surface area contributed by atoms with Gasteiger partial charge in [0.2, 0.25) is 0 Å². The number of carbonyl (C=O) groups excluding carboxylic acids is 3. The zero-order valence-electron chi connectivity index (χ0n) is 38.3. The smallest absolute Gasteiger partial charge is 0.423 e. The number of rotatable bonds is 7. The van der Waals surface area contributed by atoms with E-state index < -0.39 is 25.4 Å². The van der Waals surface area contributed by atoms with Crippen molar-refractivity contribution in [3.63, 3.8) is 0 Å². The van der Waals surface area contributed by atoms with Gasteiger partial charge in [-0.3, -0.25) is 14.4 Å². The number of hydrogen-bond donors (Lipinski definition) is 2. The first-order chi connectivity index (χ1) is 33.1. The van der Waals surface area contributed by atoms with Crippen molar-refractivity contribution < 1.29 is 33.7 Å². The molecule has 7 nitrogen and oxygen atoms in total. The van der Waals surface area contributed by atoms with E-state index in [0.29, 0.717) is 32.2 Å². The summed E-state index contributed by atoms with van der Waals surface area (Å²) in [6.07, 6.45) is 2.37. The Kier molecular flexibility index (Phi) is 16.5. The molecule has 0 saturated carbocycles. The van der Waals surface area contributed by atoms with Crippen molar-refractivity contribution in [2.45, 2.75) is 38.9 Å². The van der Waals surface area contributed by atoms with Crippen molar-refractivity contribution >= 4 is 115 Å². The predicted octanol–water partition coefficient (Wildman–Crippen LogP) is 13.0. The minimum Gasteiger partial charge on any atom is -0.423 e. The molecular formula is C57H47B2BrCl2O7. The summed E-state index contributed by atoms with van der Waals surface area (Å²) in [6.45, 7) is 8.06. The second kappa shape index (κ2) is 22.5. The Balaban J connectivity index is 0.000000146. The van der Waals surface area contributed by atoms with Crippen LogP contribution in [0.15, 0.2) is 186 Å². The van der Waals surface area contributed by atoms with E-state index in [-0.39, 0.29) is 0 Å². The molecule has 1 aliphatic rings. The van der Waals surface area contributed by atoms with Crippen LogP contribution in [0, 0.1) is 0 Å². The molecule has 9 aromatic carbocycles. The number of halogens is 3. The molecule has 9 aromatic rings. The second-order valence-electron chi connectivity index (χ2n) is 17.3. The first-order valence-corrected chi connectivity index (χ1v) is 23.6. The third-order valence-electron chi connectivity index (χ3n) is 12.2. The number of carbonyl (C=O) groups is 3. The SMILES string of the molecule is CC1(C)OB(c2cc(-c3ccc4ccccc4c3)ccc2C=O)OC1(C)C.O=Cc1ccc(-c2ccc3ccccc3c2)cc1Cl.O=Cc1ccc(Br)cc1Cl.OB(O)c1ccc2ccccc2c1. The Morgan fingerprint density at radius 3 is 1.29 bits per heavy atom. The van der Waals surface area contributed by atoms with E-state index in [9.17, 15) is 14.4 Å². The maximum absolute atomic E-state index is 11.6. The molecule has 0 bridgehead atoms. The molecule has 0 aromatic heterocycles. The van der Waals surface area contributed by atoms with Crippen LogP contribution in [0.5, 0.6) is 0 Å². The van der Waals surface area contributed by atoms with Gasteiger partial charge in [-0.15, -0.1) is 0 Å². The van der Waals surface area contributed by atoms with Crippen LogP contribution in [0.2, 0.25) is 10.0 Å². The summed E-state index contributed by atoms with van der Waals surface area (Å²) in [5.74, 6) is 0. The fraction of sp³-hybridized carbons (Fsp3) is 0.105. The standard InChI is InChI=1S/C23H23BO3.C17H11ClO.C10H9BO2.C7H4BrClO/c1-22(2)23(3,4)27-24(26-22)21-14-19(11-12-20(21)15-25)18-10-9-16-7-5-6-8-17(16)13-18;18-17-10-15(7-8-16(17)11-19)14-6-5-12-3-1-2-4-13(12)9-14;12-11(13)10-6-5-8-3-1-2-4-9(8)7-10;8-6-2-1-5(4-10)7(9)3-6/h5-15H,1-4H3;1-11H;1-7,12-13H;1-4H. The van der Waals surface area contributed by atoms with Crippen LogP contribution in [-0.4, -0.2) is 54.3 Å². The summed E-state index contributed by atoms with van der Waals surface area (Å²) in [5, 5.41) is 25.8. The van der Waals surface area contributed by atoms with E-state index in [2.05, 4.69) is 76.6 Å². The van der Waals surface area contributed by atoms with E-state index in [1.165, 1.54) is 21.5 Å². The Morgan fingerprint density at radius 1 is 0.464 bits per heavy atom. The third kappa shape index (κ3) is 12.3. The van der Waals surface area contributed by atoms with E-state index in [1.54, 1.807) is 36.4 Å². The van der Waals surface area contributed by atoms with E-state index in [0.717, 1.165) is 61.8 Å². The van der Waals surface area contributed by atoms with Gasteiger partial charge in [0.25, 0.3) is 0 Å². The largest absolute Gasteiger partial charge is 0.495 e. The second-order valence-corrected chi connectivity index (χ2v) is 19.0. The molecule has 1 fully saturated rings. The Labute approximate surface area is 421 Å². The average Bonchev–Trinajstić information content (AvgIpc) is 3.58. The zero-order valence-corrected chi connectivity index (χ0v) is 41.4. The number of fused-ring (bicyclic) bond motifs is 3. The molecule has 0 spiro atoms. The molecular weight excluding hydrogens is 969 g/mol. The molecule has 344 valence electrons. The van der Waals surface area contributed by atoms with Crippen molar-refractivity contribution in [1.29, 1.82) is 0 Å². The number of benzene rings is 9. The molecule has 0 radical (unpaired) electrons. The molecule has 0 atom stereocenters. The summed E-state index contributed by atoms with van der Waals surface area (Å²) in [4.78, 5) is 32.6. The lowest BCUT2D eigenvalue weighted by atomic mass is 9.75. The van der Waals surface area contributed by atoms with Crippen molar-refractivity contribution in [1.82, 2.24) is 0 Å². The summed E-state index contributed by atoms with van der Waals surface area (Å²) in [5.41, 5.74) is 6.29.